The van der Waals surface area contributed by atoms with Gasteiger partial charge in [-0.25, -0.2) is 0 Å². The maximum Gasteiger partial charge on any atom is 0.306 e. The third kappa shape index (κ3) is 20.2. The van der Waals surface area contributed by atoms with Gasteiger partial charge in [-0.05, 0) is 26.2 Å². The Morgan fingerprint density at radius 3 is 1.63 bits per heavy atom. The molecule has 0 fully saturated rings. The molecule has 0 aliphatic rings. The second-order valence-electron chi connectivity index (χ2n) is 8.76. The molecule has 0 radical (unpaired) electrons. The number of carbonyl (C=O) groups is 2. The summed E-state index contributed by atoms with van der Waals surface area (Å²) in [6, 6.07) is 0. The number of hydrogen-bond donors (Lipinski definition) is 1. The summed E-state index contributed by atoms with van der Waals surface area (Å²) in [7, 11) is 0. The topological polar surface area (TPSA) is 55.4 Å². The van der Waals surface area contributed by atoms with Crippen LogP contribution in [0.1, 0.15) is 143 Å². The zero-order valence-electron chi connectivity index (χ0n) is 20.4. The van der Waals surface area contributed by atoms with Gasteiger partial charge in [0.05, 0.1) is 6.42 Å². The average Bonchev–Trinajstić information content (AvgIpc) is 2.72. The van der Waals surface area contributed by atoms with Gasteiger partial charge in [0.15, 0.2) is 0 Å². The first kappa shape index (κ1) is 28.9. The Morgan fingerprint density at radius 1 is 0.667 bits per heavy atom. The molecule has 0 heterocycles. The van der Waals surface area contributed by atoms with Gasteiger partial charge in [-0.15, -0.1) is 0 Å². The number of rotatable bonds is 22. The fourth-order valence-corrected chi connectivity index (χ4v) is 3.83. The SMILES string of the molecule is CCCCCCCCCCC[C@H](CC(=O)NCC)OC(=O)CCCCCCCCC. The highest BCUT2D eigenvalue weighted by molar-refractivity contribution is 5.77. The van der Waals surface area contributed by atoms with Gasteiger partial charge in [-0.3, -0.25) is 9.59 Å². The van der Waals surface area contributed by atoms with E-state index in [0.717, 1.165) is 32.1 Å². The maximum absolute atomic E-state index is 12.2. The second-order valence-corrected chi connectivity index (χ2v) is 8.76. The lowest BCUT2D eigenvalue weighted by Gasteiger charge is -2.18. The summed E-state index contributed by atoms with van der Waals surface area (Å²) in [5.74, 6) is -0.143. The Labute approximate surface area is 187 Å². The fourth-order valence-electron chi connectivity index (χ4n) is 3.83. The van der Waals surface area contributed by atoms with Gasteiger partial charge in [0.25, 0.3) is 0 Å². The largest absolute Gasteiger partial charge is 0.462 e. The summed E-state index contributed by atoms with van der Waals surface area (Å²) < 4.78 is 5.68. The molecule has 0 bridgehead atoms. The second kappa shape index (κ2) is 22.6. The lowest BCUT2D eigenvalue weighted by Crippen LogP contribution is -2.29. The predicted octanol–water partition coefficient (Wildman–Crippen LogP) is 7.49. The molecule has 0 aliphatic heterocycles. The highest BCUT2D eigenvalue weighted by Crippen LogP contribution is 2.16. The number of amides is 1. The van der Waals surface area contributed by atoms with E-state index in [2.05, 4.69) is 19.2 Å². The van der Waals surface area contributed by atoms with Crippen LogP contribution in [0.15, 0.2) is 0 Å². The molecule has 0 aliphatic carbocycles. The molecule has 0 aromatic heterocycles. The van der Waals surface area contributed by atoms with Gasteiger partial charge in [0.1, 0.15) is 6.10 Å². The van der Waals surface area contributed by atoms with Crippen LogP contribution in [0.4, 0.5) is 0 Å². The average molecular weight is 426 g/mol. The molecule has 1 N–H and O–H groups in total. The van der Waals surface area contributed by atoms with E-state index in [1.54, 1.807) is 0 Å². The van der Waals surface area contributed by atoms with Crippen molar-refractivity contribution in [1.29, 1.82) is 0 Å². The minimum absolute atomic E-state index is 0.0119. The van der Waals surface area contributed by atoms with Crippen molar-refractivity contribution < 1.29 is 14.3 Å². The minimum atomic E-state index is -0.266. The zero-order valence-corrected chi connectivity index (χ0v) is 20.4. The fraction of sp³-hybridized carbons (Fsp3) is 0.923. The first-order valence-corrected chi connectivity index (χ1v) is 13.1. The number of hydrogen-bond acceptors (Lipinski definition) is 3. The normalized spacial score (nSPS) is 12.0. The number of esters is 1. The van der Waals surface area contributed by atoms with Crippen LogP contribution in [0.5, 0.6) is 0 Å². The maximum atomic E-state index is 12.2. The van der Waals surface area contributed by atoms with Crippen molar-refractivity contribution in [2.75, 3.05) is 6.54 Å². The van der Waals surface area contributed by atoms with E-state index in [1.165, 1.54) is 77.0 Å². The molecule has 30 heavy (non-hydrogen) atoms. The molecule has 0 spiro atoms. The first-order valence-electron chi connectivity index (χ1n) is 13.1. The summed E-state index contributed by atoms with van der Waals surface area (Å²) >= 11 is 0. The van der Waals surface area contributed by atoms with E-state index in [4.69, 9.17) is 4.74 Å². The van der Waals surface area contributed by atoms with E-state index in [0.29, 0.717) is 19.4 Å². The van der Waals surface area contributed by atoms with Crippen molar-refractivity contribution in [3.05, 3.63) is 0 Å². The summed E-state index contributed by atoms with van der Waals surface area (Å²) in [5, 5.41) is 2.83. The monoisotopic (exact) mass is 425 g/mol. The van der Waals surface area contributed by atoms with Crippen molar-refractivity contribution in [1.82, 2.24) is 5.32 Å². The molecule has 0 saturated heterocycles. The van der Waals surface area contributed by atoms with Gasteiger partial charge in [-0.1, -0.05) is 104 Å². The van der Waals surface area contributed by atoms with Crippen LogP contribution in [-0.4, -0.2) is 24.5 Å². The van der Waals surface area contributed by atoms with Crippen molar-refractivity contribution in [2.24, 2.45) is 0 Å². The molecule has 0 saturated carbocycles. The van der Waals surface area contributed by atoms with E-state index in [9.17, 15) is 9.59 Å². The quantitative estimate of drug-likeness (QED) is 0.144. The summed E-state index contributed by atoms with van der Waals surface area (Å²) in [6.07, 6.45) is 21.1. The van der Waals surface area contributed by atoms with Crippen LogP contribution >= 0.6 is 0 Å². The van der Waals surface area contributed by atoms with E-state index in [1.807, 2.05) is 6.92 Å². The molecular weight excluding hydrogens is 374 g/mol. The first-order chi connectivity index (χ1) is 14.6. The Hall–Kier alpha value is -1.06. The zero-order chi connectivity index (χ0) is 22.3. The molecule has 178 valence electrons. The van der Waals surface area contributed by atoms with E-state index < -0.39 is 0 Å². The van der Waals surface area contributed by atoms with Crippen molar-refractivity contribution >= 4 is 11.9 Å². The van der Waals surface area contributed by atoms with Gasteiger partial charge >= 0.3 is 5.97 Å². The number of carbonyl (C=O) groups excluding carboxylic acids is 2. The molecule has 4 heteroatoms. The van der Waals surface area contributed by atoms with Gasteiger partial charge in [-0.2, -0.15) is 0 Å². The van der Waals surface area contributed by atoms with Crippen molar-refractivity contribution in [2.45, 2.75) is 149 Å². The minimum Gasteiger partial charge on any atom is -0.462 e. The molecule has 0 aromatic rings. The Balaban J connectivity index is 4.00. The summed E-state index contributed by atoms with van der Waals surface area (Å²) in [4.78, 5) is 24.2. The third-order valence-electron chi connectivity index (χ3n) is 5.70. The van der Waals surface area contributed by atoms with Crippen molar-refractivity contribution in [3.63, 3.8) is 0 Å². The smallest absolute Gasteiger partial charge is 0.306 e. The lowest BCUT2D eigenvalue weighted by molar-refractivity contribution is -0.150. The molecule has 0 aromatic carbocycles. The predicted molar refractivity (Wildman–Crippen MR) is 128 cm³/mol. The summed E-state index contributed by atoms with van der Waals surface area (Å²) in [5.41, 5.74) is 0. The molecule has 4 nitrogen and oxygen atoms in total. The van der Waals surface area contributed by atoms with Crippen LogP contribution in [-0.2, 0) is 14.3 Å². The van der Waals surface area contributed by atoms with E-state index >= 15 is 0 Å². The Bertz CT molecular complexity index is 398. The van der Waals surface area contributed by atoms with E-state index in [-0.39, 0.29) is 18.0 Å². The Kier molecular flexibility index (Phi) is 21.8. The van der Waals surface area contributed by atoms with Gasteiger partial charge < -0.3 is 10.1 Å². The Morgan fingerprint density at radius 2 is 1.13 bits per heavy atom. The molecule has 1 amide bonds. The van der Waals surface area contributed by atoms with Gasteiger partial charge in [0, 0.05) is 13.0 Å². The van der Waals surface area contributed by atoms with Crippen LogP contribution in [0, 0.1) is 0 Å². The van der Waals surface area contributed by atoms with Crippen LogP contribution < -0.4 is 5.32 Å². The molecule has 1 atom stereocenters. The van der Waals surface area contributed by atoms with Crippen LogP contribution in [0.25, 0.3) is 0 Å². The molecule has 0 unspecified atom stereocenters. The standard InChI is InChI=1S/C26H51NO3/c1-4-7-9-11-13-14-16-17-19-21-24(23-25(28)27-6-3)30-26(29)22-20-18-15-12-10-8-5-2/h24H,4-23H2,1-3H3,(H,27,28)/t24-/m1/s1. The number of ether oxygens (including phenoxy) is 1. The lowest BCUT2D eigenvalue weighted by atomic mass is 10.0. The molecular formula is C26H51NO3. The highest BCUT2D eigenvalue weighted by Gasteiger charge is 2.18. The summed E-state index contributed by atoms with van der Waals surface area (Å²) in [6.45, 7) is 7.01. The van der Waals surface area contributed by atoms with Gasteiger partial charge in [0.2, 0.25) is 5.91 Å². The molecule has 0 rings (SSSR count). The third-order valence-corrected chi connectivity index (χ3v) is 5.70. The van der Waals surface area contributed by atoms with Crippen LogP contribution in [0.2, 0.25) is 0 Å². The number of unbranched alkanes of at least 4 members (excludes halogenated alkanes) is 14. The van der Waals surface area contributed by atoms with Crippen LogP contribution in [0.3, 0.4) is 0 Å². The highest BCUT2D eigenvalue weighted by atomic mass is 16.5. The van der Waals surface area contributed by atoms with Crippen molar-refractivity contribution in [3.8, 4) is 0 Å². The number of nitrogens with one attached hydrogen (secondary N) is 1.